The van der Waals surface area contributed by atoms with Gasteiger partial charge in [0.2, 0.25) is 5.91 Å². The Labute approximate surface area is 126 Å². The Bertz CT molecular complexity index is 766. The highest BCUT2D eigenvalue weighted by Gasteiger charge is 2.35. The van der Waals surface area contributed by atoms with Gasteiger partial charge in [0.25, 0.3) is 5.91 Å². The number of carbonyl (C=O) groups excluding carboxylic acids is 2. The number of furan rings is 1. The third-order valence-electron chi connectivity index (χ3n) is 4.25. The van der Waals surface area contributed by atoms with Crippen LogP contribution < -0.4 is 0 Å². The first-order valence-electron chi connectivity index (χ1n) is 7.35. The number of amides is 2. The molecule has 1 aromatic carbocycles. The fraction of sp³-hybridized carbons (Fsp3) is 0.375. The van der Waals surface area contributed by atoms with Crippen molar-refractivity contribution in [2.75, 3.05) is 19.8 Å². The first kappa shape index (κ1) is 13.3. The molecule has 2 heterocycles. The Morgan fingerprint density at radius 3 is 2.95 bits per heavy atom. The quantitative estimate of drug-likeness (QED) is 0.873. The van der Waals surface area contributed by atoms with E-state index in [9.17, 15) is 14.0 Å². The Hall–Kier alpha value is -2.37. The summed E-state index contributed by atoms with van der Waals surface area (Å²) in [5, 5.41) is 0.569. The third kappa shape index (κ3) is 2.24. The van der Waals surface area contributed by atoms with E-state index in [1.807, 2.05) is 0 Å². The minimum Gasteiger partial charge on any atom is -0.463 e. The van der Waals surface area contributed by atoms with E-state index in [1.165, 1.54) is 29.4 Å². The highest BCUT2D eigenvalue weighted by molar-refractivity contribution is 6.07. The smallest absolute Gasteiger partial charge is 0.259 e. The molecular formula is C16H15FN2O3. The molecule has 2 amide bonds. The molecule has 2 aliphatic rings. The van der Waals surface area contributed by atoms with Crippen LogP contribution >= 0.6 is 0 Å². The number of hydrogen-bond donors (Lipinski definition) is 0. The Kier molecular flexibility index (Phi) is 2.92. The summed E-state index contributed by atoms with van der Waals surface area (Å²) in [7, 11) is 0. The Morgan fingerprint density at radius 1 is 1.36 bits per heavy atom. The number of halogens is 1. The minimum absolute atomic E-state index is 0.0147. The summed E-state index contributed by atoms with van der Waals surface area (Å²) >= 11 is 0. The van der Waals surface area contributed by atoms with Crippen molar-refractivity contribution in [3.63, 3.8) is 0 Å². The normalized spacial score (nSPS) is 18.5. The molecule has 5 nitrogen and oxygen atoms in total. The summed E-state index contributed by atoms with van der Waals surface area (Å²) in [5.74, 6) is -0.0827. The predicted octanol–water partition coefficient (Wildman–Crippen LogP) is 2.22. The number of nitrogens with zero attached hydrogens (tertiary/aromatic N) is 2. The maximum Gasteiger partial charge on any atom is 0.259 e. The summed E-state index contributed by atoms with van der Waals surface area (Å²) in [6.45, 7) is 1.15. The number of hydrogen-bond acceptors (Lipinski definition) is 3. The van der Waals surface area contributed by atoms with Crippen LogP contribution in [0.3, 0.4) is 0 Å². The molecular weight excluding hydrogens is 287 g/mol. The van der Waals surface area contributed by atoms with Gasteiger partial charge in [0.15, 0.2) is 0 Å². The molecule has 114 valence electrons. The lowest BCUT2D eigenvalue weighted by Gasteiger charge is -2.17. The fourth-order valence-electron chi connectivity index (χ4n) is 2.84. The molecule has 0 bridgehead atoms. The Balaban J connectivity index is 1.56. The molecule has 0 atom stereocenters. The Morgan fingerprint density at radius 2 is 2.18 bits per heavy atom. The standard InChI is InChI=1S/C16H15FN2O3/c17-11-3-4-12-13(8-22-14(12)5-11)16(21)19-7-15(20)18(9-19)6-10-1-2-10/h3-5,8,10H,1-2,6-7,9H2. The van der Waals surface area contributed by atoms with Gasteiger partial charge in [-0.15, -0.1) is 0 Å². The van der Waals surface area contributed by atoms with Crippen LogP contribution in [0.25, 0.3) is 11.0 Å². The van der Waals surface area contributed by atoms with Crippen LogP contribution in [0.4, 0.5) is 4.39 Å². The van der Waals surface area contributed by atoms with Gasteiger partial charge in [-0.1, -0.05) is 0 Å². The van der Waals surface area contributed by atoms with Gasteiger partial charge in [0, 0.05) is 18.0 Å². The van der Waals surface area contributed by atoms with Gasteiger partial charge in [-0.3, -0.25) is 9.59 Å². The summed E-state index contributed by atoms with van der Waals surface area (Å²) in [5.41, 5.74) is 0.708. The van der Waals surface area contributed by atoms with Gasteiger partial charge in [-0.2, -0.15) is 0 Å². The van der Waals surface area contributed by atoms with Gasteiger partial charge in [0.1, 0.15) is 24.2 Å². The van der Waals surface area contributed by atoms with E-state index in [2.05, 4.69) is 0 Å². The van der Waals surface area contributed by atoms with Crippen LogP contribution in [-0.2, 0) is 4.79 Å². The van der Waals surface area contributed by atoms with E-state index in [1.54, 1.807) is 4.90 Å². The van der Waals surface area contributed by atoms with Gasteiger partial charge in [-0.25, -0.2) is 4.39 Å². The highest BCUT2D eigenvalue weighted by atomic mass is 19.1. The SMILES string of the molecule is O=C1CN(C(=O)c2coc3cc(F)ccc23)CN1CC1CC1. The van der Waals surface area contributed by atoms with E-state index in [0.717, 1.165) is 19.4 Å². The van der Waals surface area contributed by atoms with Crippen LogP contribution in [0.15, 0.2) is 28.9 Å². The largest absolute Gasteiger partial charge is 0.463 e. The first-order chi connectivity index (χ1) is 10.6. The molecule has 2 aromatic rings. The molecule has 1 aliphatic heterocycles. The summed E-state index contributed by atoms with van der Waals surface area (Å²) in [4.78, 5) is 27.8. The molecule has 0 unspecified atom stereocenters. The third-order valence-corrected chi connectivity index (χ3v) is 4.25. The van der Waals surface area contributed by atoms with Crippen LogP contribution in [0.1, 0.15) is 23.2 Å². The van der Waals surface area contributed by atoms with E-state index in [-0.39, 0.29) is 18.4 Å². The minimum atomic E-state index is -0.409. The van der Waals surface area contributed by atoms with Crippen LogP contribution in [0.2, 0.25) is 0 Å². The van der Waals surface area contributed by atoms with E-state index in [4.69, 9.17) is 4.42 Å². The molecule has 0 spiro atoms. The summed E-state index contributed by atoms with van der Waals surface area (Å²) < 4.78 is 18.4. The van der Waals surface area contributed by atoms with E-state index in [0.29, 0.717) is 29.1 Å². The van der Waals surface area contributed by atoms with Crippen molar-refractivity contribution in [3.05, 3.63) is 35.8 Å². The van der Waals surface area contributed by atoms with Crippen LogP contribution in [0.5, 0.6) is 0 Å². The summed E-state index contributed by atoms with van der Waals surface area (Å²) in [6, 6.07) is 4.07. The second kappa shape index (κ2) is 4.83. The maximum absolute atomic E-state index is 13.2. The van der Waals surface area contributed by atoms with E-state index < -0.39 is 5.82 Å². The fourth-order valence-corrected chi connectivity index (χ4v) is 2.84. The average Bonchev–Trinajstić information content (AvgIpc) is 3.10. The maximum atomic E-state index is 13.2. The average molecular weight is 302 g/mol. The molecule has 2 fully saturated rings. The molecule has 0 N–H and O–H groups in total. The second-order valence-corrected chi connectivity index (χ2v) is 5.99. The summed E-state index contributed by atoms with van der Waals surface area (Å²) in [6.07, 6.45) is 3.66. The second-order valence-electron chi connectivity index (χ2n) is 5.99. The van der Waals surface area contributed by atoms with Gasteiger partial charge < -0.3 is 14.2 Å². The lowest BCUT2D eigenvalue weighted by molar-refractivity contribution is -0.126. The van der Waals surface area contributed by atoms with Crippen molar-refractivity contribution >= 4 is 22.8 Å². The van der Waals surface area contributed by atoms with Crippen molar-refractivity contribution in [2.24, 2.45) is 5.92 Å². The molecule has 1 saturated heterocycles. The van der Waals surface area contributed by atoms with Crippen LogP contribution in [-0.4, -0.2) is 41.4 Å². The zero-order valence-electron chi connectivity index (χ0n) is 11.9. The molecule has 4 rings (SSSR count). The monoisotopic (exact) mass is 302 g/mol. The molecule has 1 saturated carbocycles. The van der Waals surface area contributed by atoms with Gasteiger partial charge >= 0.3 is 0 Å². The van der Waals surface area contributed by atoms with Crippen molar-refractivity contribution in [1.82, 2.24) is 9.80 Å². The molecule has 0 radical (unpaired) electrons. The zero-order valence-corrected chi connectivity index (χ0v) is 11.9. The number of benzene rings is 1. The predicted molar refractivity (Wildman–Crippen MR) is 76.5 cm³/mol. The van der Waals surface area contributed by atoms with Crippen molar-refractivity contribution in [1.29, 1.82) is 0 Å². The highest BCUT2D eigenvalue weighted by Crippen LogP contribution is 2.31. The number of rotatable bonds is 3. The van der Waals surface area contributed by atoms with Crippen molar-refractivity contribution in [3.8, 4) is 0 Å². The van der Waals surface area contributed by atoms with Crippen molar-refractivity contribution < 1.29 is 18.4 Å². The van der Waals surface area contributed by atoms with Crippen LogP contribution in [0, 0.1) is 11.7 Å². The van der Waals surface area contributed by atoms with Crippen molar-refractivity contribution in [2.45, 2.75) is 12.8 Å². The number of carbonyl (C=O) groups is 2. The zero-order chi connectivity index (χ0) is 15.3. The molecule has 1 aromatic heterocycles. The topological polar surface area (TPSA) is 53.8 Å². The van der Waals surface area contributed by atoms with Gasteiger partial charge in [-0.05, 0) is 30.9 Å². The molecule has 1 aliphatic carbocycles. The lowest BCUT2D eigenvalue weighted by atomic mass is 10.1. The van der Waals surface area contributed by atoms with Gasteiger partial charge in [0.05, 0.1) is 12.2 Å². The molecule has 6 heteroatoms. The lowest BCUT2D eigenvalue weighted by Crippen LogP contribution is -2.32. The first-order valence-corrected chi connectivity index (χ1v) is 7.35. The number of fused-ring (bicyclic) bond motifs is 1. The molecule has 22 heavy (non-hydrogen) atoms. The van der Waals surface area contributed by atoms with E-state index >= 15 is 0 Å².